The van der Waals surface area contributed by atoms with Gasteiger partial charge in [-0.2, -0.15) is 4.31 Å². The molecule has 0 aromatic heterocycles. The van der Waals surface area contributed by atoms with Crippen molar-refractivity contribution in [2.75, 3.05) is 46.5 Å². The maximum absolute atomic E-state index is 12.7. The first-order valence-corrected chi connectivity index (χ1v) is 9.19. The van der Waals surface area contributed by atoms with Crippen molar-refractivity contribution in [1.82, 2.24) is 9.62 Å². The molecular weight excluding hydrogens is 334 g/mol. The predicted octanol–water partition coefficient (Wildman–Crippen LogP) is -0.205. The standard InChI is InChI=1S/C15H23N3O5S/c1-22-14-4-3-12(11-13(14)15(19)17-6-2-5-16)24(20,21)18-7-9-23-10-8-18/h3-4,11H,2,5-10,16H2,1H3,(H,17,19). The smallest absolute Gasteiger partial charge is 0.255 e. The number of hydrogen-bond acceptors (Lipinski definition) is 6. The van der Waals surface area contributed by atoms with Gasteiger partial charge in [0.15, 0.2) is 0 Å². The second kappa shape index (κ2) is 8.43. The quantitative estimate of drug-likeness (QED) is 0.654. The summed E-state index contributed by atoms with van der Waals surface area (Å²) in [4.78, 5) is 12.4. The van der Waals surface area contributed by atoms with Gasteiger partial charge in [0.25, 0.3) is 5.91 Å². The number of nitrogens with two attached hydrogens (primary N) is 1. The van der Waals surface area contributed by atoms with Gasteiger partial charge in [-0.25, -0.2) is 8.42 Å². The summed E-state index contributed by atoms with van der Waals surface area (Å²) in [6.45, 7) is 2.20. The lowest BCUT2D eigenvalue weighted by Crippen LogP contribution is -2.40. The fraction of sp³-hybridized carbons (Fsp3) is 0.533. The first-order valence-electron chi connectivity index (χ1n) is 7.75. The van der Waals surface area contributed by atoms with E-state index in [9.17, 15) is 13.2 Å². The number of benzene rings is 1. The summed E-state index contributed by atoms with van der Waals surface area (Å²) in [5.74, 6) is -0.0690. The van der Waals surface area contributed by atoms with Gasteiger partial charge in [-0.15, -0.1) is 0 Å². The number of methoxy groups -OCH3 is 1. The Hall–Kier alpha value is -1.68. The third-order valence-corrected chi connectivity index (χ3v) is 5.58. The normalized spacial score (nSPS) is 15.9. The number of carbonyl (C=O) groups is 1. The minimum atomic E-state index is -3.67. The molecule has 0 unspecified atom stereocenters. The van der Waals surface area contributed by atoms with Crippen LogP contribution in [0.4, 0.5) is 0 Å². The number of carbonyl (C=O) groups excluding carboxylic acids is 1. The monoisotopic (exact) mass is 357 g/mol. The second-order valence-corrected chi connectivity index (χ2v) is 7.21. The van der Waals surface area contributed by atoms with E-state index in [-0.39, 0.29) is 16.4 Å². The van der Waals surface area contributed by atoms with E-state index in [2.05, 4.69) is 5.32 Å². The number of sulfonamides is 1. The Morgan fingerprint density at radius 3 is 2.71 bits per heavy atom. The van der Waals surface area contributed by atoms with Gasteiger partial charge < -0.3 is 20.5 Å². The van der Waals surface area contributed by atoms with Gasteiger partial charge in [-0.05, 0) is 31.2 Å². The minimum Gasteiger partial charge on any atom is -0.496 e. The van der Waals surface area contributed by atoms with Crippen molar-refractivity contribution in [3.63, 3.8) is 0 Å². The summed E-state index contributed by atoms with van der Waals surface area (Å²) >= 11 is 0. The van der Waals surface area contributed by atoms with Gasteiger partial charge in [-0.1, -0.05) is 0 Å². The number of amides is 1. The zero-order valence-electron chi connectivity index (χ0n) is 13.7. The molecule has 0 spiro atoms. The van der Waals surface area contributed by atoms with Crippen LogP contribution in [-0.4, -0.2) is 65.1 Å². The van der Waals surface area contributed by atoms with Gasteiger partial charge in [0, 0.05) is 19.6 Å². The van der Waals surface area contributed by atoms with E-state index in [1.165, 1.54) is 29.6 Å². The highest BCUT2D eigenvalue weighted by atomic mass is 32.2. The van der Waals surface area contributed by atoms with Crippen LogP contribution in [0.3, 0.4) is 0 Å². The molecule has 1 fully saturated rings. The van der Waals surface area contributed by atoms with E-state index in [0.717, 1.165) is 0 Å². The van der Waals surface area contributed by atoms with Crippen molar-refractivity contribution in [2.45, 2.75) is 11.3 Å². The largest absolute Gasteiger partial charge is 0.496 e. The van der Waals surface area contributed by atoms with Gasteiger partial charge in [-0.3, -0.25) is 4.79 Å². The molecule has 1 heterocycles. The number of nitrogens with zero attached hydrogens (tertiary/aromatic N) is 1. The van der Waals surface area contributed by atoms with Crippen LogP contribution in [0.5, 0.6) is 5.75 Å². The van der Waals surface area contributed by atoms with Crippen molar-refractivity contribution >= 4 is 15.9 Å². The van der Waals surface area contributed by atoms with Crippen LogP contribution in [0.15, 0.2) is 23.1 Å². The Balaban J connectivity index is 2.28. The van der Waals surface area contributed by atoms with Crippen LogP contribution in [0.2, 0.25) is 0 Å². The van der Waals surface area contributed by atoms with Gasteiger partial charge in [0.05, 0.1) is 30.8 Å². The zero-order valence-corrected chi connectivity index (χ0v) is 14.5. The molecule has 24 heavy (non-hydrogen) atoms. The molecule has 1 aliphatic heterocycles. The van der Waals surface area contributed by atoms with E-state index in [0.29, 0.717) is 51.6 Å². The van der Waals surface area contributed by atoms with Crippen LogP contribution >= 0.6 is 0 Å². The lowest BCUT2D eigenvalue weighted by atomic mass is 10.2. The summed E-state index contributed by atoms with van der Waals surface area (Å²) in [6.07, 6.45) is 0.639. The lowest BCUT2D eigenvalue weighted by molar-refractivity contribution is 0.0730. The van der Waals surface area contributed by atoms with Gasteiger partial charge in [0.1, 0.15) is 5.75 Å². The summed E-state index contributed by atoms with van der Waals surface area (Å²) in [6, 6.07) is 4.28. The molecule has 1 amide bonds. The molecule has 1 aromatic rings. The molecule has 3 N–H and O–H groups in total. The summed E-state index contributed by atoms with van der Waals surface area (Å²) < 4.78 is 37.1. The van der Waals surface area contributed by atoms with Crippen molar-refractivity contribution in [3.05, 3.63) is 23.8 Å². The molecule has 0 bridgehead atoms. The number of morpholine rings is 1. The second-order valence-electron chi connectivity index (χ2n) is 5.28. The third-order valence-electron chi connectivity index (χ3n) is 3.69. The summed E-state index contributed by atoms with van der Waals surface area (Å²) in [5.41, 5.74) is 5.59. The van der Waals surface area contributed by atoms with Gasteiger partial charge in [0.2, 0.25) is 10.0 Å². The summed E-state index contributed by atoms with van der Waals surface area (Å²) in [7, 11) is -2.24. The SMILES string of the molecule is COc1ccc(S(=O)(=O)N2CCOCC2)cc1C(=O)NCCCN. The maximum atomic E-state index is 12.7. The fourth-order valence-electron chi connectivity index (χ4n) is 2.36. The molecule has 0 aliphatic carbocycles. The van der Waals surface area contributed by atoms with Crippen molar-refractivity contribution in [3.8, 4) is 5.75 Å². The Morgan fingerprint density at radius 1 is 1.38 bits per heavy atom. The van der Waals surface area contributed by atoms with E-state index in [1.807, 2.05) is 0 Å². The van der Waals surface area contributed by atoms with Crippen molar-refractivity contribution in [2.24, 2.45) is 5.73 Å². The molecule has 0 atom stereocenters. The molecule has 2 rings (SSSR count). The van der Waals surface area contributed by atoms with Crippen LogP contribution in [0.25, 0.3) is 0 Å². The average Bonchev–Trinajstić information content (AvgIpc) is 2.62. The highest BCUT2D eigenvalue weighted by Gasteiger charge is 2.27. The first-order chi connectivity index (χ1) is 11.5. The molecule has 134 valence electrons. The number of ether oxygens (including phenoxy) is 2. The Kier molecular flexibility index (Phi) is 6.55. The molecule has 0 saturated carbocycles. The predicted molar refractivity (Wildman–Crippen MR) is 88.6 cm³/mol. The Bertz CT molecular complexity index is 672. The first kappa shape index (κ1) is 18.7. The molecule has 1 aromatic carbocycles. The van der Waals surface area contributed by atoms with Crippen LogP contribution in [0, 0.1) is 0 Å². The summed E-state index contributed by atoms with van der Waals surface area (Å²) in [5, 5.41) is 2.71. The van der Waals surface area contributed by atoms with Crippen molar-refractivity contribution < 1.29 is 22.7 Å². The topological polar surface area (TPSA) is 111 Å². The lowest BCUT2D eigenvalue weighted by Gasteiger charge is -2.26. The number of hydrogen-bond donors (Lipinski definition) is 2. The maximum Gasteiger partial charge on any atom is 0.255 e. The van der Waals surface area contributed by atoms with E-state index < -0.39 is 10.0 Å². The Morgan fingerprint density at radius 2 is 2.08 bits per heavy atom. The number of rotatable bonds is 7. The van der Waals surface area contributed by atoms with Crippen molar-refractivity contribution in [1.29, 1.82) is 0 Å². The molecule has 1 saturated heterocycles. The van der Waals surface area contributed by atoms with Gasteiger partial charge >= 0.3 is 0 Å². The molecule has 1 aliphatic rings. The van der Waals surface area contributed by atoms with E-state index >= 15 is 0 Å². The number of nitrogens with one attached hydrogen (secondary N) is 1. The highest BCUT2D eigenvalue weighted by molar-refractivity contribution is 7.89. The molecule has 0 radical (unpaired) electrons. The molecule has 9 heteroatoms. The molecular formula is C15H23N3O5S. The Labute approximate surface area is 142 Å². The van der Waals surface area contributed by atoms with E-state index in [1.54, 1.807) is 0 Å². The average molecular weight is 357 g/mol. The highest BCUT2D eigenvalue weighted by Crippen LogP contribution is 2.25. The third kappa shape index (κ3) is 4.23. The van der Waals surface area contributed by atoms with Crippen LogP contribution in [0.1, 0.15) is 16.8 Å². The fourth-order valence-corrected chi connectivity index (χ4v) is 3.79. The van der Waals surface area contributed by atoms with E-state index in [4.69, 9.17) is 15.2 Å². The van der Waals surface area contributed by atoms with Crippen LogP contribution in [-0.2, 0) is 14.8 Å². The van der Waals surface area contributed by atoms with Crippen LogP contribution < -0.4 is 15.8 Å². The molecule has 8 nitrogen and oxygen atoms in total. The zero-order chi connectivity index (χ0) is 17.6. The minimum absolute atomic E-state index is 0.0641.